The predicted octanol–water partition coefficient (Wildman–Crippen LogP) is 2.88. The van der Waals surface area contributed by atoms with Crippen LogP contribution in [-0.4, -0.2) is 49.5 Å². The van der Waals surface area contributed by atoms with Gasteiger partial charge in [-0.2, -0.15) is 15.3 Å². The van der Waals surface area contributed by atoms with E-state index in [-0.39, 0.29) is 5.69 Å². The van der Waals surface area contributed by atoms with Crippen molar-refractivity contribution in [1.29, 1.82) is 0 Å². The second-order valence-corrected chi connectivity index (χ2v) is 8.24. The van der Waals surface area contributed by atoms with Gasteiger partial charge in [0.2, 0.25) is 11.8 Å². The third-order valence-corrected chi connectivity index (χ3v) is 5.85. The molecule has 0 fully saturated rings. The Morgan fingerprint density at radius 1 is 1.03 bits per heavy atom. The number of imidazole rings is 1. The first kappa shape index (κ1) is 22.4. The van der Waals surface area contributed by atoms with Crippen LogP contribution in [0.15, 0.2) is 60.0 Å². The molecule has 11 nitrogen and oxygen atoms in total. The zero-order valence-electron chi connectivity index (χ0n) is 19.7. The molecule has 1 aromatic carbocycles. The fraction of sp³-hybridized carbons (Fsp3) is 0.292. The van der Waals surface area contributed by atoms with Gasteiger partial charge in [0.1, 0.15) is 6.33 Å². The number of pyridine rings is 1. The molecule has 0 spiro atoms. The molecule has 5 aromatic rings. The van der Waals surface area contributed by atoms with Crippen LogP contribution in [0.1, 0.15) is 37.9 Å². The van der Waals surface area contributed by atoms with E-state index in [1.54, 1.807) is 15.4 Å². The molecule has 4 aromatic heterocycles. The van der Waals surface area contributed by atoms with E-state index >= 15 is 0 Å². The summed E-state index contributed by atoms with van der Waals surface area (Å²) in [6.07, 6.45) is 9.56. The van der Waals surface area contributed by atoms with Crippen molar-refractivity contribution in [2.24, 2.45) is 0 Å². The minimum Gasteiger partial charge on any atom is -0.291 e. The Morgan fingerprint density at radius 2 is 1.86 bits per heavy atom. The summed E-state index contributed by atoms with van der Waals surface area (Å²) in [6.45, 7) is 5.27. The Labute approximate surface area is 201 Å². The van der Waals surface area contributed by atoms with E-state index in [0.717, 1.165) is 47.2 Å². The molecule has 1 N–H and O–H groups in total. The molecule has 11 heteroatoms. The lowest BCUT2D eigenvalue weighted by molar-refractivity contribution is 0.578. The molecule has 0 aliphatic heterocycles. The van der Waals surface area contributed by atoms with Crippen LogP contribution in [0.5, 0.6) is 0 Å². The van der Waals surface area contributed by atoms with Crippen LogP contribution >= 0.6 is 0 Å². The average Bonchev–Trinajstić information content (AvgIpc) is 3.63. The summed E-state index contributed by atoms with van der Waals surface area (Å²) in [5.74, 6) is 1.08. The number of nitrogens with one attached hydrogen (secondary N) is 1. The van der Waals surface area contributed by atoms with Gasteiger partial charge in [-0.1, -0.05) is 44.5 Å². The quantitative estimate of drug-likeness (QED) is 0.351. The summed E-state index contributed by atoms with van der Waals surface area (Å²) in [5, 5.41) is 18.4. The van der Waals surface area contributed by atoms with Gasteiger partial charge in [-0.25, -0.2) is 14.0 Å². The average molecular weight is 471 g/mol. The highest BCUT2D eigenvalue weighted by molar-refractivity contribution is 5.69. The summed E-state index contributed by atoms with van der Waals surface area (Å²) in [4.78, 5) is 22.2. The summed E-state index contributed by atoms with van der Waals surface area (Å²) in [6, 6.07) is 9.90. The van der Waals surface area contributed by atoms with Gasteiger partial charge in [0.15, 0.2) is 0 Å². The first-order valence-electron chi connectivity index (χ1n) is 11.7. The van der Waals surface area contributed by atoms with Crippen molar-refractivity contribution in [2.75, 3.05) is 0 Å². The summed E-state index contributed by atoms with van der Waals surface area (Å²) in [5.41, 5.74) is 4.66. The van der Waals surface area contributed by atoms with Gasteiger partial charge < -0.3 is 0 Å². The maximum absolute atomic E-state index is 13.5. The van der Waals surface area contributed by atoms with Gasteiger partial charge in [-0.3, -0.25) is 9.55 Å². The Hall–Kier alpha value is -4.41. The van der Waals surface area contributed by atoms with Gasteiger partial charge in [0.25, 0.3) is 0 Å². The molecule has 178 valence electrons. The number of aromatic amines is 1. The molecule has 35 heavy (non-hydrogen) atoms. The lowest BCUT2D eigenvalue weighted by atomic mass is 10.00. The number of tetrazole rings is 1. The number of nitrogens with zero attached hydrogens (tertiary/aromatic N) is 9. The van der Waals surface area contributed by atoms with Gasteiger partial charge in [-0.15, -0.1) is 10.2 Å². The monoisotopic (exact) mass is 470 g/mol. The first-order valence-corrected chi connectivity index (χ1v) is 11.7. The Kier molecular flexibility index (Phi) is 6.29. The number of aromatic nitrogens is 10. The molecule has 0 unspecified atom stereocenters. The second-order valence-electron chi connectivity index (χ2n) is 8.24. The predicted molar refractivity (Wildman–Crippen MR) is 130 cm³/mol. The topological polar surface area (TPSA) is 125 Å². The molecular weight excluding hydrogens is 444 g/mol. The van der Waals surface area contributed by atoms with E-state index in [2.05, 4.69) is 49.5 Å². The molecule has 0 radical (unpaired) electrons. The van der Waals surface area contributed by atoms with Gasteiger partial charge in [0.05, 0.1) is 6.54 Å². The maximum atomic E-state index is 13.5. The third kappa shape index (κ3) is 4.39. The molecule has 0 aliphatic rings. The van der Waals surface area contributed by atoms with Crippen LogP contribution in [-0.2, 0) is 19.5 Å². The van der Waals surface area contributed by atoms with Crippen molar-refractivity contribution in [1.82, 2.24) is 49.5 Å². The maximum Gasteiger partial charge on any atom is 0.335 e. The molecular formula is C24H26N10O. The number of aryl methyl sites for hydroxylation is 2. The van der Waals surface area contributed by atoms with Crippen molar-refractivity contribution in [3.05, 3.63) is 77.0 Å². The number of hydrogen-bond donors (Lipinski definition) is 1. The van der Waals surface area contributed by atoms with Crippen molar-refractivity contribution in [3.63, 3.8) is 0 Å². The van der Waals surface area contributed by atoms with E-state index in [0.29, 0.717) is 24.9 Å². The fourth-order valence-electron chi connectivity index (χ4n) is 4.20. The highest BCUT2D eigenvalue weighted by Crippen LogP contribution is 2.26. The van der Waals surface area contributed by atoms with Crippen molar-refractivity contribution in [3.8, 4) is 28.5 Å². The number of hydrogen-bond acceptors (Lipinski definition) is 7. The summed E-state index contributed by atoms with van der Waals surface area (Å²) < 4.78 is 5.17. The third-order valence-electron chi connectivity index (χ3n) is 5.85. The van der Waals surface area contributed by atoms with E-state index in [9.17, 15) is 4.79 Å². The number of H-pyrrole nitrogens is 1. The normalized spacial score (nSPS) is 11.3. The zero-order chi connectivity index (χ0) is 24.2. The lowest BCUT2D eigenvalue weighted by Crippen LogP contribution is -2.27. The van der Waals surface area contributed by atoms with Crippen LogP contribution < -0.4 is 5.69 Å². The molecule has 0 aliphatic carbocycles. The van der Waals surface area contributed by atoms with Gasteiger partial charge in [-0.05, 0) is 40.8 Å². The molecule has 4 heterocycles. The Balaban J connectivity index is 1.52. The standard InChI is InChI=1S/C24H26N10O/c1-3-5-20-15-33(23-26-16-27-34(23)12-4-2)24(35)32(20)14-19-13-25-11-10-21(19)17-6-8-18(9-7-17)22-28-30-31-29-22/h6-11,13,15-16H,3-5,12,14H2,1-2H3,(H,28,29,30,31). The largest absolute Gasteiger partial charge is 0.335 e. The van der Waals surface area contributed by atoms with Gasteiger partial charge in [0, 0.05) is 36.4 Å². The number of rotatable bonds is 9. The van der Waals surface area contributed by atoms with Crippen molar-refractivity contribution >= 4 is 0 Å². The van der Waals surface area contributed by atoms with Crippen LogP contribution in [0.4, 0.5) is 0 Å². The van der Waals surface area contributed by atoms with Crippen LogP contribution in [0.3, 0.4) is 0 Å². The molecule has 0 bridgehead atoms. The van der Waals surface area contributed by atoms with E-state index in [4.69, 9.17) is 0 Å². The first-order chi connectivity index (χ1) is 17.2. The van der Waals surface area contributed by atoms with Crippen molar-refractivity contribution in [2.45, 2.75) is 46.2 Å². The second kappa shape index (κ2) is 9.84. The molecule has 0 saturated carbocycles. The highest BCUT2D eigenvalue weighted by Gasteiger charge is 2.18. The van der Waals surface area contributed by atoms with Crippen LogP contribution in [0.25, 0.3) is 28.5 Å². The van der Waals surface area contributed by atoms with E-state index in [1.807, 2.05) is 47.3 Å². The molecule has 5 rings (SSSR count). The van der Waals surface area contributed by atoms with Crippen LogP contribution in [0, 0.1) is 0 Å². The summed E-state index contributed by atoms with van der Waals surface area (Å²) >= 11 is 0. The summed E-state index contributed by atoms with van der Waals surface area (Å²) in [7, 11) is 0. The van der Waals surface area contributed by atoms with Gasteiger partial charge >= 0.3 is 5.69 Å². The SMILES string of the molecule is CCCc1cn(-c2ncnn2CCC)c(=O)n1Cc1cnccc1-c1ccc(-c2nn[nH]n2)cc1. The molecule has 0 amide bonds. The molecule has 0 atom stereocenters. The smallest absolute Gasteiger partial charge is 0.291 e. The fourth-order valence-corrected chi connectivity index (χ4v) is 4.20. The minimum absolute atomic E-state index is 0.138. The van der Waals surface area contributed by atoms with Crippen LogP contribution in [0.2, 0.25) is 0 Å². The Morgan fingerprint density at radius 3 is 2.60 bits per heavy atom. The number of benzene rings is 1. The van der Waals surface area contributed by atoms with Crippen molar-refractivity contribution < 1.29 is 0 Å². The van der Waals surface area contributed by atoms with E-state index in [1.165, 1.54) is 6.33 Å². The highest BCUT2D eigenvalue weighted by atomic mass is 16.2. The Bertz CT molecular complexity index is 1460. The van der Waals surface area contributed by atoms with E-state index < -0.39 is 0 Å². The lowest BCUT2D eigenvalue weighted by Gasteiger charge is -2.12. The molecule has 0 saturated heterocycles. The zero-order valence-corrected chi connectivity index (χ0v) is 19.7. The minimum atomic E-state index is -0.138.